The summed E-state index contributed by atoms with van der Waals surface area (Å²) in [5.41, 5.74) is 0.508. The van der Waals surface area contributed by atoms with Gasteiger partial charge in [0.05, 0.1) is 0 Å². The van der Waals surface area contributed by atoms with E-state index in [4.69, 9.17) is 4.74 Å². The molecule has 0 bridgehead atoms. The second-order valence-corrected chi connectivity index (χ2v) is 7.50. The van der Waals surface area contributed by atoms with Gasteiger partial charge in [-0.15, -0.1) is 11.3 Å². The zero-order valence-corrected chi connectivity index (χ0v) is 14.4. The van der Waals surface area contributed by atoms with Crippen LogP contribution in [0.1, 0.15) is 23.8 Å². The lowest BCUT2D eigenvalue weighted by Gasteiger charge is -2.20. The number of thiophene rings is 1. The van der Waals surface area contributed by atoms with E-state index in [2.05, 4.69) is 28.5 Å². The van der Waals surface area contributed by atoms with Gasteiger partial charge in [0.25, 0.3) is 0 Å². The van der Waals surface area contributed by atoms with Gasteiger partial charge in [0.2, 0.25) is 0 Å². The fourth-order valence-electron chi connectivity index (χ4n) is 3.10. The van der Waals surface area contributed by atoms with Crippen LogP contribution in [0.25, 0.3) is 10.1 Å². The molecule has 2 atom stereocenters. The molecule has 2 unspecified atom stereocenters. The average Bonchev–Trinajstić information content (AvgIpc) is 3.10. The Labute approximate surface area is 144 Å². The van der Waals surface area contributed by atoms with Crippen molar-refractivity contribution in [3.8, 4) is 0 Å². The highest BCUT2D eigenvalue weighted by Gasteiger charge is 2.45. The molecular formula is C19H18N2O2S. The molecule has 0 radical (unpaired) electrons. The van der Waals surface area contributed by atoms with Gasteiger partial charge in [-0.2, -0.15) is 0 Å². The van der Waals surface area contributed by atoms with Gasteiger partial charge in [-0.25, -0.2) is 9.78 Å². The van der Waals surface area contributed by atoms with E-state index in [0.717, 1.165) is 10.4 Å². The van der Waals surface area contributed by atoms with E-state index in [1.165, 1.54) is 10.1 Å². The number of fused-ring (bicyclic) bond motifs is 1. The Morgan fingerprint density at radius 1 is 1.29 bits per heavy atom. The van der Waals surface area contributed by atoms with Crippen molar-refractivity contribution < 1.29 is 9.53 Å². The molecule has 5 heteroatoms. The molecule has 0 spiro atoms. The van der Waals surface area contributed by atoms with Gasteiger partial charge in [-0.3, -0.25) is 0 Å². The van der Waals surface area contributed by atoms with Crippen LogP contribution in [0.4, 0.5) is 5.82 Å². The molecule has 0 amide bonds. The quantitative estimate of drug-likeness (QED) is 0.726. The number of ether oxygens (including phenoxy) is 1. The summed E-state index contributed by atoms with van der Waals surface area (Å²) >= 11 is 1.69. The highest BCUT2D eigenvalue weighted by molar-refractivity contribution is 7.19. The highest BCUT2D eigenvalue weighted by atomic mass is 32.1. The molecule has 3 aromatic rings. The predicted octanol–water partition coefficient (Wildman–Crippen LogP) is 4.25. The minimum absolute atomic E-state index is 0.224. The van der Waals surface area contributed by atoms with E-state index < -0.39 is 5.60 Å². The highest BCUT2D eigenvalue weighted by Crippen LogP contribution is 2.42. The number of benzene rings is 1. The summed E-state index contributed by atoms with van der Waals surface area (Å²) in [5.74, 6) is 0.482. The third-order valence-corrected chi connectivity index (χ3v) is 5.75. The summed E-state index contributed by atoms with van der Waals surface area (Å²) in [4.78, 5) is 17.7. The van der Waals surface area contributed by atoms with E-state index in [-0.39, 0.29) is 12.0 Å². The van der Waals surface area contributed by atoms with Crippen molar-refractivity contribution in [2.75, 3.05) is 5.32 Å². The van der Waals surface area contributed by atoms with Gasteiger partial charge in [0.1, 0.15) is 17.5 Å². The van der Waals surface area contributed by atoms with Crippen LogP contribution < -0.4 is 5.32 Å². The van der Waals surface area contributed by atoms with Crippen molar-refractivity contribution in [2.45, 2.75) is 31.9 Å². The van der Waals surface area contributed by atoms with E-state index in [1.54, 1.807) is 17.5 Å². The Balaban J connectivity index is 1.60. The van der Waals surface area contributed by atoms with Crippen molar-refractivity contribution >= 4 is 33.2 Å². The smallest absolute Gasteiger partial charge is 0.329 e. The van der Waals surface area contributed by atoms with Crippen molar-refractivity contribution in [3.63, 3.8) is 0 Å². The fourth-order valence-corrected chi connectivity index (χ4v) is 4.26. The van der Waals surface area contributed by atoms with Gasteiger partial charge < -0.3 is 10.1 Å². The molecule has 1 aliphatic heterocycles. The summed E-state index contributed by atoms with van der Waals surface area (Å²) in [6, 6.07) is 13.8. The molecule has 1 aromatic carbocycles. The molecule has 2 aromatic heterocycles. The first-order chi connectivity index (χ1) is 11.5. The molecule has 24 heavy (non-hydrogen) atoms. The van der Waals surface area contributed by atoms with Gasteiger partial charge >= 0.3 is 5.97 Å². The summed E-state index contributed by atoms with van der Waals surface area (Å²) in [7, 11) is 0. The van der Waals surface area contributed by atoms with Crippen LogP contribution >= 0.6 is 11.3 Å². The molecule has 4 nitrogen and oxygen atoms in total. The van der Waals surface area contributed by atoms with Gasteiger partial charge in [-0.1, -0.05) is 18.2 Å². The average molecular weight is 338 g/mol. The Bertz CT molecular complexity index is 887. The van der Waals surface area contributed by atoms with Gasteiger partial charge in [-0.05, 0) is 49.1 Å². The Hall–Kier alpha value is -2.40. The number of rotatable bonds is 3. The van der Waals surface area contributed by atoms with Crippen molar-refractivity contribution in [1.29, 1.82) is 0 Å². The Morgan fingerprint density at radius 3 is 2.92 bits per heavy atom. The number of aromatic nitrogens is 1. The number of nitrogens with one attached hydrogen (secondary N) is 1. The van der Waals surface area contributed by atoms with E-state index in [0.29, 0.717) is 12.2 Å². The van der Waals surface area contributed by atoms with Gasteiger partial charge in [0.15, 0.2) is 0 Å². The number of esters is 1. The van der Waals surface area contributed by atoms with Crippen LogP contribution in [0.15, 0.2) is 48.7 Å². The third-order valence-electron chi connectivity index (χ3n) is 4.39. The van der Waals surface area contributed by atoms with Gasteiger partial charge in [0, 0.05) is 22.2 Å². The lowest BCUT2D eigenvalue weighted by Crippen LogP contribution is -2.25. The maximum atomic E-state index is 12.4. The first kappa shape index (κ1) is 15.1. The summed E-state index contributed by atoms with van der Waals surface area (Å²) < 4.78 is 6.97. The second-order valence-electron chi connectivity index (χ2n) is 6.42. The van der Waals surface area contributed by atoms with Crippen LogP contribution in [0.2, 0.25) is 0 Å². The van der Waals surface area contributed by atoms with Crippen LogP contribution in [0, 0.1) is 6.92 Å². The maximum Gasteiger partial charge on any atom is 0.329 e. The predicted molar refractivity (Wildman–Crippen MR) is 96.3 cm³/mol. The molecular weight excluding hydrogens is 320 g/mol. The molecule has 4 rings (SSSR count). The first-order valence-corrected chi connectivity index (χ1v) is 8.76. The number of cyclic esters (lactones) is 1. The van der Waals surface area contributed by atoms with Crippen molar-refractivity contribution in [2.24, 2.45) is 0 Å². The fraction of sp³-hybridized carbons (Fsp3) is 0.263. The van der Waals surface area contributed by atoms with Crippen LogP contribution in [0.5, 0.6) is 0 Å². The number of pyridine rings is 1. The number of carbonyl (C=O) groups excluding carboxylic acids is 1. The summed E-state index contributed by atoms with van der Waals surface area (Å²) in [5, 5.41) is 4.40. The number of aryl methyl sites for hydroxylation is 1. The summed E-state index contributed by atoms with van der Waals surface area (Å²) in [6.45, 7) is 3.99. The normalized spacial score (nSPS) is 23.4. The number of nitrogens with zero attached hydrogens (tertiary/aromatic N) is 1. The zero-order valence-electron chi connectivity index (χ0n) is 13.6. The molecule has 1 N–H and O–H groups in total. The van der Waals surface area contributed by atoms with E-state index in [1.807, 2.05) is 38.1 Å². The first-order valence-electron chi connectivity index (χ1n) is 7.95. The second kappa shape index (κ2) is 5.60. The molecule has 1 aliphatic rings. The Morgan fingerprint density at radius 2 is 2.12 bits per heavy atom. The molecule has 0 saturated carbocycles. The van der Waals surface area contributed by atoms with Crippen LogP contribution in [0.3, 0.4) is 0 Å². The molecule has 3 heterocycles. The molecule has 1 saturated heterocycles. The SMILES string of the molecule is Cc1ccnc(NC2CC(C)(c3cc4ccccc4s3)OC2=O)c1. The number of hydrogen-bond acceptors (Lipinski definition) is 5. The minimum Gasteiger partial charge on any atom is -0.452 e. The van der Waals surface area contributed by atoms with E-state index >= 15 is 0 Å². The lowest BCUT2D eigenvalue weighted by molar-refractivity contribution is -0.148. The molecule has 122 valence electrons. The largest absolute Gasteiger partial charge is 0.452 e. The standard InChI is InChI=1S/C19H18N2O2S/c1-12-7-8-20-17(9-12)21-14-11-19(2,23-18(14)22)16-10-13-5-3-4-6-15(13)24-16/h3-10,14H,11H2,1-2H3,(H,20,21). The summed E-state index contributed by atoms with van der Waals surface area (Å²) in [6.07, 6.45) is 2.33. The number of carbonyl (C=O) groups is 1. The monoisotopic (exact) mass is 338 g/mol. The minimum atomic E-state index is -0.595. The number of anilines is 1. The Kier molecular flexibility index (Phi) is 3.53. The van der Waals surface area contributed by atoms with Crippen LogP contribution in [-0.4, -0.2) is 17.0 Å². The van der Waals surface area contributed by atoms with Crippen LogP contribution in [-0.2, 0) is 15.1 Å². The zero-order chi connectivity index (χ0) is 16.7. The van der Waals surface area contributed by atoms with E-state index in [9.17, 15) is 4.79 Å². The maximum absolute atomic E-state index is 12.4. The molecule has 1 fully saturated rings. The lowest BCUT2D eigenvalue weighted by atomic mass is 9.98. The topological polar surface area (TPSA) is 51.2 Å². The third kappa shape index (κ3) is 2.65. The van der Waals surface area contributed by atoms with Crippen molar-refractivity contribution in [3.05, 3.63) is 59.1 Å². The molecule has 0 aliphatic carbocycles. The van der Waals surface area contributed by atoms with Crippen molar-refractivity contribution in [1.82, 2.24) is 4.98 Å². The number of hydrogen-bond donors (Lipinski definition) is 1.